The third kappa shape index (κ3) is 7.22. The molecule has 0 bridgehead atoms. The maximum absolute atomic E-state index is 14.2. The normalized spacial score (nSPS) is 19.1. The van der Waals surface area contributed by atoms with Crippen LogP contribution in [-0.2, 0) is 33.6 Å². The van der Waals surface area contributed by atoms with Gasteiger partial charge in [-0.25, -0.2) is 4.39 Å². The summed E-state index contributed by atoms with van der Waals surface area (Å²) in [6.45, 7) is 8.08. The van der Waals surface area contributed by atoms with Gasteiger partial charge in [-0.1, -0.05) is 81.9 Å². The zero-order valence-electron chi connectivity index (χ0n) is 25.7. The Hall–Kier alpha value is -3.14. The number of aryl methyl sites for hydroxylation is 1. The quantitative estimate of drug-likeness (QED) is 0.174. The van der Waals surface area contributed by atoms with Gasteiger partial charge in [-0.2, -0.15) is 0 Å². The molecule has 0 aliphatic heterocycles. The third-order valence-electron chi connectivity index (χ3n) is 9.12. The first-order chi connectivity index (χ1) is 20.9. The van der Waals surface area contributed by atoms with Gasteiger partial charge in [0.25, 0.3) is 0 Å². The molecule has 3 amide bonds. The van der Waals surface area contributed by atoms with Crippen LogP contribution in [0.15, 0.2) is 36.4 Å². The Morgan fingerprint density at radius 3 is 2.41 bits per heavy atom. The molecule has 238 valence electrons. The van der Waals surface area contributed by atoms with Crippen molar-refractivity contribution >= 4 is 51.8 Å². The summed E-state index contributed by atoms with van der Waals surface area (Å²) in [6.07, 6.45) is 2.61. The number of nitrogens with one attached hydrogen (secondary N) is 4. The molecule has 0 saturated heterocycles. The number of fused-ring (bicyclic) bond motifs is 3. The van der Waals surface area contributed by atoms with Crippen LogP contribution in [0.3, 0.4) is 0 Å². The minimum atomic E-state index is -1.38. The fourth-order valence-electron chi connectivity index (χ4n) is 6.00. The molecule has 44 heavy (non-hydrogen) atoms. The molecule has 1 heterocycles. The van der Waals surface area contributed by atoms with Crippen LogP contribution in [0.1, 0.15) is 63.8 Å². The Kier molecular flexibility index (Phi) is 11.0. The van der Waals surface area contributed by atoms with Crippen molar-refractivity contribution in [2.24, 2.45) is 17.6 Å². The second-order valence-corrected chi connectivity index (χ2v) is 12.9. The number of benzene rings is 2. The molecule has 6 N–H and O–H groups in total. The van der Waals surface area contributed by atoms with Crippen molar-refractivity contribution in [2.45, 2.75) is 83.8 Å². The summed E-state index contributed by atoms with van der Waals surface area (Å²) in [6, 6.07) is 8.46. The molecular formula is C33H42Cl2FN5O3. The van der Waals surface area contributed by atoms with Gasteiger partial charge in [0.2, 0.25) is 17.7 Å². The van der Waals surface area contributed by atoms with Crippen molar-refractivity contribution in [1.29, 1.82) is 0 Å². The lowest BCUT2D eigenvalue weighted by atomic mass is 9.78. The minimum Gasteiger partial charge on any atom is -0.368 e. The maximum atomic E-state index is 14.2. The minimum absolute atomic E-state index is 0.0842. The fourth-order valence-corrected chi connectivity index (χ4v) is 6.54. The first-order valence-corrected chi connectivity index (χ1v) is 16.0. The molecule has 0 spiro atoms. The largest absolute Gasteiger partial charge is 0.368 e. The molecule has 1 aromatic heterocycles. The lowest BCUT2D eigenvalue weighted by Gasteiger charge is -2.39. The molecule has 5 atom stereocenters. The van der Waals surface area contributed by atoms with Crippen LogP contribution in [0.5, 0.6) is 0 Å². The lowest BCUT2D eigenvalue weighted by Crippen LogP contribution is -2.67. The van der Waals surface area contributed by atoms with Gasteiger partial charge in [0, 0.05) is 29.1 Å². The van der Waals surface area contributed by atoms with Crippen molar-refractivity contribution in [3.63, 3.8) is 0 Å². The van der Waals surface area contributed by atoms with Gasteiger partial charge >= 0.3 is 0 Å². The van der Waals surface area contributed by atoms with Gasteiger partial charge in [-0.15, -0.1) is 0 Å². The molecule has 1 aliphatic carbocycles. The van der Waals surface area contributed by atoms with E-state index in [1.54, 1.807) is 30.3 Å². The molecule has 1 aliphatic rings. The van der Waals surface area contributed by atoms with Crippen molar-refractivity contribution in [1.82, 2.24) is 20.9 Å². The number of nitrogens with two attached hydrogens (primary N) is 1. The van der Waals surface area contributed by atoms with Gasteiger partial charge in [-0.05, 0) is 60.4 Å². The molecule has 0 radical (unpaired) electrons. The number of carbonyl (C=O) groups is 3. The van der Waals surface area contributed by atoms with Gasteiger partial charge in [-0.3, -0.25) is 14.4 Å². The summed E-state index contributed by atoms with van der Waals surface area (Å²) in [7, 11) is 0. The van der Waals surface area contributed by atoms with Crippen molar-refractivity contribution in [2.75, 3.05) is 6.54 Å². The second-order valence-electron chi connectivity index (χ2n) is 12.0. The van der Waals surface area contributed by atoms with E-state index in [0.29, 0.717) is 53.4 Å². The number of amides is 3. The van der Waals surface area contributed by atoms with Crippen LogP contribution >= 0.6 is 23.2 Å². The van der Waals surface area contributed by atoms with E-state index in [2.05, 4.69) is 20.9 Å². The molecule has 11 heteroatoms. The highest BCUT2D eigenvalue weighted by atomic mass is 35.5. The first kappa shape index (κ1) is 33.7. The van der Waals surface area contributed by atoms with E-state index < -0.39 is 29.4 Å². The van der Waals surface area contributed by atoms with Gasteiger partial charge in [0.1, 0.15) is 17.4 Å². The standard InChI is InChI=1S/C33H42Cl2FN5O3/c1-5-18(3)27(30(37)42)40-32(44)33(13-11-26-23(17-33)22-15-21(34)16-24(35)29(22)39-26)41-31(43)28(19(4)6-2)38-14-12-20-9-7-8-10-25(20)36/h7-10,15-16,18-19,27-28,38-39H,5-6,11-14,17H2,1-4H3,(H2,37,42)(H,40,44)(H,41,43)/t18?,19?,27-,28-,33+/m0/s1. The number of primary amides is 1. The Morgan fingerprint density at radius 2 is 1.75 bits per heavy atom. The Morgan fingerprint density at radius 1 is 1.07 bits per heavy atom. The molecule has 0 saturated carbocycles. The van der Waals surface area contributed by atoms with E-state index in [-0.39, 0.29) is 36.4 Å². The summed E-state index contributed by atoms with van der Waals surface area (Å²) in [5.41, 5.74) is 7.34. The van der Waals surface area contributed by atoms with Crippen molar-refractivity contribution in [3.05, 3.63) is 69.1 Å². The average molecular weight is 647 g/mol. The van der Waals surface area contributed by atoms with E-state index in [0.717, 1.165) is 16.6 Å². The summed E-state index contributed by atoms with van der Waals surface area (Å²) in [5.74, 6) is -2.04. The third-order valence-corrected chi connectivity index (χ3v) is 9.63. The molecule has 8 nitrogen and oxygen atoms in total. The van der Waals surface area contributed by atoms with Crippen molar-refractivity contribution < 1.29 is 18.8 Å². The zero-order chi connectivity index (χ0) is 32.2. The summed E-state index contributed by atoms with van der Waals surface area (Å²) in [5, 5.41) is 11.0. The summed E-state index contributed by atoms with van der Waals surface area (Å²) < 4.78 is 14.2. The zero-order valence-corrected chi connectivity index (χ0v) is 27.2. The Labute approximate surface area is 268 Å². The number of aromatic nitrogens is 1. The average Bonchev–Trinajstić information content (AvgIpc) is 3.35. The molecule has 0 fully saturated rings. The first-order valence-electron chi connectivity index (χ1n) is 15.3. The number of halogens is 3. The number of hydrogen-bond donors (Lipinski definition) is 5. The van der Waals surface area contributed by atoms with E-state index in [1.165, 1.54) is 6.07 Å². The van der Waals surface area contributed by atoms with E-state index in [9.17, 15) is 18.8 Å². The fraction of sp³-hybridized carbons (Fsp3) is 0.485. The topological polar surface area (TPSA) is 129 Å². The highest BCUT2D eigenvalue weighted by Gasteiger charge is 2.46. The highest BCUT2D eigenvalue weighted by molar-refractivity contribution is 6.38. The smallest absolute Gasteiger partial charge is 0.246 e. The maximum Gasteiger partial charge on any atom is 0.246 e. The number of H-pyrrole nitrogens is 1. The number of rotatable bonds is 13. The molecular weight excluding hydrogens is 604 g/mol. The van der Waals surface area contributed by atoms with Gasteiger partial charge in [0.05, 0.1) is 16.6 Å². The van der Waals surface area contributed by atoms with Crippen LogP contribution in [-0.4, -0.2) is 46.9 Å². The predicted molar refractivity (Wildman–Crippen MR) is 173 cm³/mol. The highest BCUT2D eigenvalue weighted by Crippen LogP contribution is 2.38. The van der Waals surface area contributed by atoms with Crippen LogP contribution in [0.2, 0.25) is 10.0 Å². The second kappa shape index (κ2) is 14.3. The SMILES string of the molecule is CCC(C)[C@H](NC(=O)[C@@]1(NC(=O)[C@@H](NCCc2ccccc2F)C(C)CC)CCc2[nH]c3c(Cl)cc(Cl)cc3c2C1)C(N)=O. The van der Waals surface area contributed by atoms with Crippen LogP contribution in [0, 0.1) is 17.7 Å². The van der Waals surface area contributed by atoms with E-state index >= 15 is 0 Å². The van der Waals surface area contributed by atoms with Crippen LogP contribution < -0.4 is 21.7 Å². The molecule has 4 rings (SSSR count). The number of hydrogen-bond acceptors (Lipinski definition) is 4. The summed E-state index contributed by atoms with van der Waals surface area (Å²) in [4.78, 5) is 44.1. The number of aromatic amines is 1. The monoisotopic (exact) mass is 645 g/mol. The number of carbonyl (C=O) groups excluding carboxylic acids is 3. The molecule has 2 unspecified atom stereocenters. The Bertz CT molecular complexity index is 1530. The Balaban J connectivity index is 1.67. The van der Waals surface area contributed by atoms with Crippen LogP contribution in [0.4, 0.5) is 4.39 Å². The molecule has 2 aromatic carbocycles. The van der Waals surface area contributed by atoms with E-state index in [1.807, 2.05) is 27.7 Å². The van der Waals surface area contributed by atoms with E-state index in [4.69, 9.17) is 28.9 Å². The van der Waals surface area contributed by atoms with Gasteiger partial charge < -0.3 is 26.7 Å². The van der Waals surface area contributed by atoms with Gasteiger partial charge in [0.15, 0.2) is 0 Å². The van der Waals surface area contributed by atoms with Crippen LogP contribution in [0.25, 0.3) is 10.9 Å². The van der Waals surface area contributed by atoms with Crippen molar-refractivity contribution in [3.8, 4) is 0 Å². The summed E-state index contributed by atoms with van der Waals surface area (Å²) >= 11 is 12.9. The molecule has 3 aromatic rings. The lowest BCUT2D eigenvalue weighted by molar-refractivity contribution is -0.137. The predicted octanol–water partition coefficient (Wildman–Crippen LogP) is 5.22.